The number of aryl methyl sites for hydroxylation is 2. The largest absolute Gasteiger partial charge is 0.322 e. The molecule has 0 spiro atoms. The predicted molar refractivity (Wildman–Crippen MR) is 75.4 cm³/mol. The maximum absolute atomic E-state index is 3.52. The second kappa shape index (κ2) is 4.52. The van der Waals surface area contributed by atoms with Crippen molar-refractivity contribution in [3.63, 3.8) is 0 Å². The molecule has 0 bridgehead atoms. The highest BCUT2D eigenvalue weighted by Gasteiger charge is 2.25. The Labute approximate surface area is 109 Å². The highest BCUT2D eigenvalue weighted by atomic mass is 15.4. The van der Waals surface area contributed by atoms with Crippen LogP contribution in [-0.2, 0) is 6.54 Å². The van der Waals surface area contributed by atoms with Crippen LogP contribution in [-0.4, -0.2) is 4.68 Å². The summed E-state index contributed by atoms with van der Waals surface area (Å²) < 4.78 is 2.17. The van der Waals surface area contributed by atoms with Crippen molar-refractivity contribution < 1.29 is 0 Å². The number of hydrogen-bond donors (Lipinski definition) is 1. The molecule has 0 unspecified atom stereocenters. The molecule has 1 fully saturated rings. The summed E-state index contributed by atoms with van der Waals surface area (Å²) in [5.41, 5.74) is 9.01. The van der Waals surface area contributed by atoms with E-state index >= 15 is 0 Å². The molecule has 0 radical (unpaired) electrons. The van der Waals surface area contributed by atoms with Crippen LogP contribution in [0, 0.1) is 13.8 Å². The highest BCUT2D eigenvalue weighted by Crippen LogP contribution is 2.41. The molecule has 94 valence electrons. The number of rotatable bonds is 4. The second-order valence-electron chi connectivity index (χ2n) is 5.26. The number of aromatic nitrogens is 1. The van der Waals surface area contributed by atoms with Gasteiger partial charge in [0.25, 0.3) is 0 Å². The van der Waals surface area contributed by atoms with E-state index in [4.69, 9.17) is 0 Å². The third kappa shape index (κ3) is 2.15. The summed E-state index contributed by atoms with van der Waals surface area (Å²) in [4.78, 5) is 0. The maximum atomic E-state index is 3.52. The van der Waals surface area contributed by atoms with Gasteiger partial charge >= 0.3 is 0 Å². The third-order valence-corrected chi connectivity index (χ3v) is 3.77. The molecule has 1 N–H and O–H groups in total. The molecule has 2 heteroatoms. The van der Waals surface area contributed by atoms with Gasteiger partial charge in [0.15, 0.2) is 0 Å². The van der Waals surface area contributed by atoms with Crippen molar-refractivity contribution in [1.29, 1.82) is 0 Å². The molecule has 0 amide bonds. The lowest BCUT2D eigenvalue weighted by Gasteiger charge is -2.15. The number of hydrogen-bond acceptors (Lipinski definition) is 1. The van der Waals surface area contributed by atoms with Crippen LogP contribution in [0.4, 0.5) is 0 Å². The van der Waals surface area contributed by atoms with E-state index in [1.54, 1.807) is 0 Å². The Morgan fingerprint density at radius 3 is 2.39 bits per heavy atom. The van der Waals surface area contributed by atoms with E-state index in [1.165, 1.54) is 35.4 Å². The molecule has 1 saturated carbocycles. The Kier molecular flexibility index (Phi) is 2.86. The lowest BCUT2D eigenvalue weighted by molar-refractivity contribution is 0.787. The minimum absolute atomic E-state index is 0.815. The van der Waals surface area contributed by atoms with Gasteiger partial charge in [-0.25, -0.2) is 0 Å². The average Bonchev–Trinajstić information content (AvgIpc) is 3.17. The molecule has 1 aliphatic carbocycles. The second-order valence-corrected chi connectivity index (χ2v) is 5.26. The first-order chi connectivity index (χ1) is 8.75. The summed E-state index contributed by atoms with van der Waals surface area (Å²) in [5, 5.41) is 0. The molecule has 0 atom stereocenters. The van der Waals surface area contributed by atoms with Gasteiger partial charge < -0.3 is 5.43 Å². The summed E-state index contributed by atoms with van der Waals surface area (Å²) in [6.45, 7) is 5.17. The molecule has 3 rings (SSSR count). The zero-order valence-corrected chi connectivity index (χ0v) is 11.1. The summed E-state index contributed by atoms with van der Waals surface area (Å²) in [7, 11) is 0. The van der Waals surface area contributed by atoms with E-state index in [2.05, 4.69) is 60.3 Å². The molecule has 0 aliphatic heterocycles. The van der Waals surface area contributed by atoms with Crippen molar-refractivity contribution in [2.75, 3.05) is 5.43 Å². The lowest BCUT2D eigenvalue weighted by atomic mass is 10.0. The van der Waals surface area contributed by atoms with Crippen LogP contribution in [0.25, 0.3) is 0 Å². The quantitative estimate of drug-likeness (QED) is 0.861. The molecule has 2 aromatic rings. The van der Waals surface area contributed by atoms with Crippen molar-refractivity contribution in [1.82, 2.24) is 4.68 Å². The Hall–Kier alpha value is -1.70. The molecule has 18 heavy (non-hydrogen) atoms. The molecule has 1 heterocycles. The van der Waals surface area contributed by atoms with Crippen LogP contribution in [0.3, 0.4) is 0 Å². The molecule has 1 aromatic heterocycles. The van der Waals surface area contributed by atoms with Gasteiger partial charge in [0.05, 0.1) is 6.54 Å². The average molecular weight is 240 g/mol. The third-order valence-electron chi connectivity index (χ3n) is 3.77. The summed E-state index contributed by atoms with van der Waals surface area (Å²) in [5.74, 6) is 0.815. The maximum Gasteiger partial charge on any atom is 0.0567 e. The fourth-order valence-electron chi connectivity index (χ4n) is 2.57. The monoisotopic (exact) mass is 240 g/mol. The van der Waals surface area contributed by atoms with Gasteiger partial charge in [-0.05, 0) is 55.9 Å². The summed E-state index contributed by atoms with van der Waals surface area (Å²) in [6, 6.07) is 13.1. The first kappa shape index (κ1) is 11.4. The van der Waals surface area contributed by atoms with Crippen LogP contribution in [0.1, 0.15) is 41.3 Å². The van der Waals surface area contributed by atoms with Crippen molar-refractivity contribution in [2.24, 2.45) is 0 Å². The predicted octanol–water partition coefficient (Wildman–Crippen LogP) is 3.73. The molecular formula is C16H20N2. The fraction of sp³-hybridized carbons (Fsp3) is 0.375. The SMILES string of the molecule is Cc1ccc(C)n1NCc1ccccc1C1CC1. The van der Waals surface area contributed by atoms with Gasteiger partial charge in [-0.1, -0.05) is 24.3 Å². The Bertz CT molecular complexity index is 530. The summed E-state index contributed by atoms with van der Waals surface area (Å²) in [6.07, 6.45) is 2.72. The van der Waals surface area contributed by atoms with Gasteiger partial charge in [-0.3, -0.25) is 4.68 Å². The van der Waals surface area contributed by atoms with Gasteiger partial charge in [0.1, 0.15) is 0 Å². The van der Waals surface area contributed by atoms with E-state index < -0.39 is 0 Å². The standard InChI is InChI=1S/C16H20N2/c1-12-7-8-13(2)18(12)17-11-15-5-3-4-6-16(15)14-9-10-14/h3-8,14,17H,9-11H2,1-2H3. The van der Waals surface area contributed by atoms with E-state index in [1.807, 2.05) is 0 Å². The van der Waals surface area contributed by atoms with Gasteiger partial charge in [-0.15, -0.1) is 0 Å². The Morgan fingerprint density at radius 1 is 1.06 bits per heavy atom. The van der Waals surface area contributed by atoms with Crippen molar-refractivity contribution >= 4 is 0 Å². The minimum Gasteiger partial charge on any atom is -0.322 e. The zero-order valence-electron chi connectivity index (χ0n) is 11.1. The topological polar surface area (TPSA) is 17.0 Å². The van der Waals surface area contributed by atoms with E-state index in [0.717, 1.165) is 12.5 Å². The molecule has 0 saturated heterocycles. The first-order valence-electron chi connectivity index (χ1n) is 6.72. The van der Waals surface area contributed by atoms with Gasteiger partial charge in [0, 0.05) is 11.4 Å². The van der Waals surface area contributed by atoms with Crippen LogP contribution < -0.4 is 5.43 Å². The highest BCUT2D eigenvalue weighted by molar-refractivity contribution is 5.34. The van der Waals surface area contributed by atoms with E-state index in [0.29, 0.717) is 0 Å². The lowest BCUT2D eigenvalue weighted by Crippen LogP contribution is -2.17. The molecule has 1 aromatic carbocycles. The summed E-state index contributed by atoms with van der Waals surface area (Å²) >= 11 is 0. The van der Waals surface area contributed by atoms with Crippen LogP contribution in [0.2, 0.25) is 0 Å². The van der Waals surface area contributed by atoms with Crippen LogP contribution in [0.15, 0.2) is 36.4 Å². The van der Waals surface area contributed by atoms with Crippen molar-refractivity contribution in [3.05, 3.63) is 58.9 Å². The zero-order chi connectivity index (χ0) is 12.5. The first-order valence-corrected chi connectivity index (χ1v) is 6.72. The Balaban J connectivity index is 1.77. The fourth-order valence-corrected chi connectivity index (χ4v) is 2.57. The number of nitrogens with one attached hydrogen (secondary N) is 1. The number of benzene rings is 1. The van der Waals surface area contributed by atoms with Gasteiger partial charge in [0.2, 0.25) is 0 Å². The molecule has 1 aliphatic rings. The normalized spacial score (nSPS) is 14.8. The van der Waals surface area contributed by atoms with Crippen LogP contribution >= 0.6 is 0 Å². The van der Waals surface area contributed by atoms with Crippen LogP contribution in [0.5, 0.6) is 0 Å². The van der Waals surface area contributed by atoms with Gasteiger partial charge in [-0.2, -0.15) is 0 Å². The number of nitrogens with zero attached hydrogens (tertiary/aromatic N) is 1. The van der Waals surface area contributed by atoms with E-state index in [9.17, 15) is 0 Å². The molecular weight excluding hydrogens is 220 g/mol. The minimum atomic E-state index is 0.815. The van der Waals surface area contributed by atoms with Crippen molar-refractivity contribution in [2.45, 2.75) is 39.2 Å². The van der Waals surface area contributed by atoms with Crippen molar-refractivity contribution in [3.8, 4) is 0 Å². The Morgan fingerprint density at radius 2 is 1.72 bits per heavy atom. The molecule has 2 nitrogen and oxygen atoms in total. The van der Waals surface area contributed by atoms with E-state index in [-0.39, 0.29) is 0 Å². The smallest absolute Gasteiger partial charge is 0.0567 e.